The molecule has 0 bridgehead atoms. The van der Waals surface area contributed by atoms with E-state index in [0.29, 0.717) is 40.8 Å². The van der Waals surface area contributed by atoms with Crippen LogP contribution < -0.4 is 16.0 Å². The van der Waals surface area contributed by atoms with Gasteiger partial charge in [-0.3, -0.25) is 9.89 Å². The van der Waals surface area contributed by atoms with Gasteiger partial charge in [0.2, 0.25) is 0 Å². The number of fused-ring (bicyclic) bond motifs is 1. The monoisotopic (exact) mass is 397 g/mol. The smallest absolute Gasteiger partial charge is 0.287 e. The van der Waals surface area contributed by atoms with Crippen LogP contribution in [0.1, 0.15) is 10.6 Å². The van der Waals surface area contributed by atoms with Gasteiger partial charge in [0.1, 0.15) is 17.5 Å². The highest BCUT2D eigenvalue weighted by Gasteiger charge is 2.13. The van der Waals surface area contributed by atoms with Gasteiger partial charge in [0.25, 0.3) is 5.91 Å². The van der Waals surface area contributed by atoms with Crippen molar-refractivity contribution >= 4 is 45.9 Å². The van der Waals surface area contributed by atoms with E-state index in [9.17, 15) is 4.79 Å². The quantitative estimate of drug-likeness (QED) is 0.353. The van der Waals surface area contributed by atoms with Crippen LogP contribution in [0.15, 0.2) is 53.4 Å². The molecule has 1 aromatic carbocycles. The summed E-state index contributed by atoms with van der Waals surface area (Å²) < 4.78 is 5.05. The Kier molecular flexibility index (Phi) is 5.07. The number of hydrogen-bond acceptors (Lipinski definition) is 7. The molecular weight excluding hydrogens is 382 g/mol. The number of H-pyrrole nitrogens is 1. The highest BCUT2D eigenvalue weighted by atomic mass is 35.5. The Bertz CT molecular complexity index is 1090. The van der Waals surface area contributed by atoms with Gasteiger partial charge in [0.05, 0.1) is 6.26 Å². The molecule has 0 aliphatic rings. The number of rotatable bonds is 7. The van der Waals surface area contributed by atoms with Crippen LogP contribution in [0.25, 0.3) is 11.0 Å². The van der Waals surface area contributed by atoms with E-state index < -0.39 is 0 Å². The second-order valence-corrected chi connectivity index (χ2v) is 6.25. The molecule has 1 amide bonds. The lowest BCUT2D eigenvalue weighted by Crippen LogP contribution is -2.28. The topological polar surface area (TPSA) is 121 Å². The van der Waals surface area contributed by atoms with Crippen molar-refractivity contribution in [1.29, 1.82) is 0 Å². The molecule has 4 rings (SSSR count). The molecule has 0 saturated heterocycles. The van der Waals surface area contributed by atoms with E-state index in [1.54, 1.807) is 24.3 Å². The van der Waals surface area contributed by atoms with E-state index in [2.05, 4.69) is 36.1 Å². The first-order valence-corrected chi connectivity index (χ1v) is 8.86. The molecule has 4 aromatic rings. The summed E-state index contributed by atoms with van der Waals surface area (Å²) >= 11 is 6.04. The van der Waals surface area contributed by atoms with Gasteiger partial charge in [-0.2, -0.15) is 5.10 Å². The number of carbonyl (C=O) groups is 1. The number of carbonyl (C=O) groups excluding carboxylic acids is 1. The number of nitrogens with zero attached hydrogens (tertiary/aromatic N) is 3. The van der Waals surface area contributed by atoms with Gasteiger partial charge in [-0.25, -0.2) is 9.97 Å². The highest BCUT2D eigenvalue weighted by molar-refractivity contribution is 6.30. The average molecular weight is 398 g/mol. The Morgan fingerprint density at radius 3 is 2.89 bits per heavy atom. The van der Waals surface area contributed by atoms with E-state index in [1.807, 2.05) is 12.1 Å². The fourth-order valence-corrected chi connectivity index (χ4v) is 2.83. The summed E-state index contributed by atoms with van der Waals surface area (Å²) in [5, 5.41) is 17.6. The molecule has 3 heterocycles. The molecule has 0 fully saturated rings. The maximum Gasteiger partial charge on any atom is 0.287 e. The zero-order valence-electron chi connectivity index (χ0n) is 14.6. The SMILES string of the molecule is O=C(NCCNc1n[nH]c2ncnc(Nc3cccc(Cl)c3)c12)c1ccco1. The van der Waals surface area contributed by atoms with Crippen molar-refractivity contribution < 1.29 is 9.21 Å². The molecule has 4 N–H and O–H groups in total. The summed E-state index contributed by atoms with van der Waals surface area (Å²) in [7, 11) is 0. The molecule has 28 heavy (non-hydrogen) atoms. The number of benzene rings is 1. The van der Waals surface area contributed by atoms with Crippen molar-refractivity contribution in [2.45, 2.75) is 0 Å². The Labute approximate surface area is 164 Å². The van der Waals surface area contributed by atoms with Crippen molar-refractivity contribution in [3.8, 4) is 0 Å². The number of hydrogen-bond donors (Lipinski definition) is 4. The third kappa shape index (κ3) is 3.89. The van der Waals surface area contributed by atoms with Crippen LogP contribution >= 0.6 is 11.6 Å². The van der Waals surface area contributed by atoms with E-state index in [0.717, 1.165) is 5.69 Å². The largest absolute Gasteiger partial charge is 0.459 e. The van der Waals surface area contributed by atoms with Gasteiger partial charge in [-0.1, -0.05) is 17.7 Å². The number of halogens is 1. The molecule has 3 aromatic heterocycles. The third-order valence-electron chi connectivity index (χ3n) is 3.89. The van der Waals surface area contributed by atoms with E-state index >= 15 is 0 Å². The molecule has 0 radical (unpaired) electrons. The normalized spacial score (nSPS) is 10.8. The Morgan fingerprint density at radius 1 is 1.14 bits per heavy atom. The summed E-state index contributed by atoms with van der Waals surface area (Å²) in [6.45, 7) is 0.844. The molecule has 0 atom stereocenters. The standard InChI is InChI=1S/C18H16ClN7O2/c19-11-3-1-4-12(9-11)24-15-14-16(25-26-17(14)23-10-22-15)20-6-7-21-18(27)13-5-2-8-28-13/h1-5,8-10H,6-7H2,(H,21,27)(H3,20,22,23,24,25,26). The van der Waals surface area contributed by atoms with Gasteiger partial charge < -0.3 is 20.4 Å². The Hall–Kier alpha value is -3.59. The number of amides is 1. The summed E-state index contributed by atoms with van der Waals surface area (Å²) in [6.07, 6.45) is 2.90. The molecule has 10 heteroatoms. The summed E-state index contributed by atoms with van der Waals surface area (Å²) in [6, 6.07) is 10.6. The van der Waals surface area contributed by atoms with Crippen LogP contribution in [-0.2, 0) is 0 Å². The number of anilines is 3. The lowest BCUT2D eigenvalue weighted by Gasteiger charge is -2.09. The molecule has 0 spiro atoms. The molecule has 9 nitrogen and oxygen atoms in total. The van der Waals surface area contributed by atoms with Gasteiger partial charge in [-0.05, 0) is 30.3 Å². The summed E-state index contributed by atoms with van der Waals surface area (Å²) in [5.74, 6) is 1.16. The second kappa shape index (κ2) is 7.97. The van der Waals surface area contributed by atoms with Crippen molar-refractivity contribution in [2.24, 2.45) is 0 Å². The second-order valence-electron chi connectivity index (χ2n) is 5.81. The molecule has 142 valence electrons. The third-order valence-corrected chi connectivity index (χ3v) is 4.13. The van der Waals surface area contributed by atoms with Gasteiger partial charge in [-0.15, -0.1) is 0 Å². The van der Waals surface area contributed by atoms with Crippen molar-refractivity contribution in [3.63, 3.8) is 0 Å². The van der Waals surface area contributed by atoms with E-state index in [-0.39, 0.29) is 11.7 Å². The van der Waals surface area contributed by atoms with Crippen LogP contribution in [-0.4, -0.2) is 39.2 Å². The zero-order chi connectivity index (χ0) is 19.3. The minimum Gasteiger partial charge on any atom is -0.459 e. The van der Waals surface area contributed by atoms with Gasteiger partial charge in [0.15, 0.2) is 17.2 Å². The van der Waals surface area contributed by atoms with Crippen LogP contribution in [0.5, 0.6) is 0 Å². The highest BCUT2D eigenvalue weighted by Crippen LogP contribution is 2.28. The Morgan fingerprint density at radius 2 is 2.07 bits per heavy atom. The van der Waals surface area contributed by atoms with Crippen LogP contribution in [0, 0.1) is 0 Å². The van der Waals surface area contributed by atoms with Crippen molar-refractivity contribution in [1.82, 2.24) is 25.5 Å². The number of aromatic nitrogens is 4. The van der Waals surface area contributed by atoms with Crippen LogP contribution in [0.3, 0.4) is 0 Å². The van der Waals surface area contributed by atoms with Crippen LogP contribution in [0.4, 0.5) is 17.3 Å². The first-order valence-electron chi connectivity index (χ1n) is 8.48. The fourth-order valence-electron chi connectivity index (χ4n) is 2.64. The lowest BCUT2D eigenvalue weighted by atomic mass is 10.3. The molecular formula is C18H16ClN7O2. The summed E-state index contributed by atoms with van der Waals surface area (Å²) in [5.41, 5.74) is 1.38. The Balaban J connectivity index is 1.45. The minimum atomic E-state index is -0.273. The van der Waals surface area contributed by atoms with Crippen molar-refractivity contribution in [3.05, 3.63) is 59.8 Å². The minimum absolute atomic E-state index is 0.270. The lowest BCUT2D eigenvalue weighted by molar-refractivity contribution is 0.0927. The average Bonchev–Trinajstić information content (AvgIpc) is 3.36. The molecule has 0 aliphatic carbocycles. The fraction of sp³-hybridized carbons (Fsp3) is 0.111. The number of aromatic amines is 1. The summed E-state index contributed by atoms with van der Waals surface area (Å²) in [4.78, 5) is 20.4. The van der Waals surface area contributed by atoms with E-state index in [4.69, 9.17) is 16.0 Å². The van der Waals surface area contributed by atoms with E-state index in [1.165, 1.54) is 12.6 Å². The number of nitrogens with one attached hydrogen (secondary N) is 4. The first-order chi connectivity index (χ1) is 13.7. The first kappa shape index (κ1) is 17.8. The number of furan rings is 1. The van der Waals surface area contributed by atoms with Crippen molar-refractivity contribution in [2.75, 3.05) is 23.7 Å². The van der Waals surface area contributed by atoms with Gasteiger partial charge >= 0.3 is 0 Å². The predicted octanol–water partition coefficient (Wildman–Crippen LogP) is 3.18. The maximum absolute atomic E-state index is 11.9. The predicted molar refractivity (Wildman–Crippen MR) is 106 cm³/mol. The van der Waals surface area contributed by atoms with Crippen LogP contribution in [0.2, 0.25) is 5.02 Å². The molecule has 0 unspecified atom stereocenters. The maximum atomic E-state index is 11.9. The molecule has 0 saturated carbocycles. The molecule has 0 aliphatic heterocycles. The zero-order valence-corrected chi connectivity index (χ0v) is 15.3. The van der Waals surface area contributed by atoms with Gasteiger partial charge in [0, 0.05) is 23.8 Å².